The lowest BCUT2D eigenvalue weighted by Crippen LogP contribution is -2.37. The molecule has 1 aliphatic carbocycles. The predicted molar refractivity (Wildman–Crippen MR) is 123 cm³/mol. The Morgan fingerprint density at radius 3 is 2.74 bits per heavy atom. The number of H-pyrrole nitrogens is 1. The van der Waals surface area contributed by atoms with Crippen LogP contribution in [0.15, 0.2) is 63.4 Å². The number of aliphatic carboxylic acids is 1. The number of hydrogen-bond donors (Lipinski definition) is 1. The maximum absolute atomic E-state index is 12.8. The summed E-state index contributed by atoms with van der Waals surface area (Å²) in [6, 6.07) is 7.84. The van der Waals surface area contributed by atoms with E-state index in [2.05, 4.69) is 15.1 Å². The van der Waals surface area contributed by atoms with E-state index in [1.165, 1.54) is 22.4 Å². The van der Waals surface area contributed by atoms with Crippen molar-refractivity contribution in [3.05, 3.63) is 65.0 Å². The average Bonchev–Trinajstić information content (AvgIpc) is 3.39. The van der Waals surface area contributed by atoms with Crippen LogP contribution in [0.1, 0.15) is 30.4 Å². The number of nitrogens with one attached hydrogen (secondary N) is 1. The first-order chi connectivity index (χ1) is 17.1. The van der Waals surface area contributed by atoms with Crippen molar-refractivity contribution in [2.45, 2.75) is 29.8 Å². The number of hydrogen-bond acceptors (Lipinski definition) is 9. The predicted octanol–water partition coefficient (Wildman–Crippen LogP) is 2.58. The van der Waals surface area contributed by atoms with Gasteiger partial charge in [0.15, 0.2) is 17.3 Å². The molecular weight excluding hydrogens is 472 g/mol. The van der Waals surface area contributed by atoms with Gasteiger partial charge in [0.1, 0.15) is 5.69 Å². The smallest absolute Gasteiger partial charge is 0.252 e. The number of aromatic amines is 1. The van der Waals surface area contributed by atoms with Crippen LogP contribution in [0, 0.1) is 0 Å². The fraction of sp³-hybridized carbons (Fsp3) is 0.250. The van der Waals surface area contributed by atoms with E-state index in [0.29, 0.717) is 39.3 Å². The number of aromatic nitrogens is 4. The highest BCUT2D eigenvalue weighted by molar-refractivity contribution is 7.99. The number of imidazole rings is 1. The molecule has 1 N–H and O–H groups in total. The Hall–Kier alpha value is -3.99. The molecule has 0 radical (unpaired) electrons. The summed E-state index contributed by atoms with van der Waals surface area (Å²) in [6.45, 7) is 0.192. The molecule has 0 saturated heterocycles. The van der Waals surface area contributed by atoms with Crippen molar-refractivity contribution in [2.75, 3.05) is 12.5 Å². The lowest BCUT2D eigenvalue weighted by molar-refractivity contribution is -0.309. The number of nitrogens with zero attached hydrogens (tertiary/aromatic N) is 3. The minimum Gasteiger partial charge on any atom is -0.548 e. The molecule has 178 valence electrons. The van der Waals surface area contributed by atoms with Gasteiger partial charge >= 0.3 is 0 Å². The Bertz CT molecular complexity index is 1440. The standard InChI is InChI=1S/C21H16N2O6S.C3H4N2/c24-18-6-12(19(10-1-2-10)20-23(18)14(8-30-20)21(25)26)16-7-13(22-29-16)11-3-4-15-17(5-11)28-9-27-15;1-2-5-3-4-1/h3-7,10,14H,1-2,8-9H2,(H,25,26);1-3H,(H,4,5)/p-1. The number of carboxylic acids is 1. The first-order valence-electron chi connectivity index (χ1n) is 11.0. The van der Waals surface area contributed by atoms with Gasteiger partial charge in [0, 0.05) is 41.4 Å². The second-order valence-corrected chi connectivity index (χ2v) is 9.32. The monoisotopic (exact) mass is 491 g/mol. The summed E-state index contributed by atoms with van der Waals surface area (Å²) in [7, 11) is 0. The number of carbonyl (C=O) groups is 1. The van der Waals surface area contributed by atoms with E-state index in [0.717, 1.165) is 24.0 Å². The molecule has 0 spiro atoms. The van der Waals surface area contributed by atoms with Crippen molar-refractivity contribution in [3.8, 4) is 34.1 Å². The molecule has 0 amide bonds. The minimum atomic E-state index is -1.23. The highest BCUT2D eigenvalue weighted by Crippen LogP contribution is 2.50. The maximum Gasteiger partial charge on any atom is 0.252 e. The van der Waals surface area contributed by atoms with Crippen LogP contribution in [0.4, 0.5) is 0 Å². The van der Waals surface area contributed by atoms with Crippen LogP contribution in [0.25, 0.3) is 22.6 Å². The molecule has 35 heavy (non-hydrogen) atoms. The Labute approximate surface area is 202 Å². The third-order valence-electron chi connectivity index (χ3n) is 6.04. The summed E-state index contributed by atoms with van der Waals surface area (Å²) in [4.78, 5) is 30.7. The number of rotatable bonds is 4. The number of pyridine rings is 1. The molecule has 0 bridgehead atoms. The normalized spacial score (nSPS) is 17.5. The van der Waals surface area contributed by atoms with Gasteiger partial charge in [-0.15, -0.1) is 11.8 Å². The fourth-order valence-electron chi connectivity index (χ4n) is 4.24. The molecule has 1 aromatic carbocycles. The zero-order valence-corrected chi connectivity index (χ0v) is 19.1. The van der Waals surface area contributed by atoms with Crippen molar-refractivity contribution in [2.24, 2.45) is 0 Å². The highest BCUT2D eigenvalue weighted by Gasteiger charge is 2.37. The Morgan fingerprint density at radius 2 is 2.03 bits per heavy atom. The van der Waals surface area contributed by atoms with E-state index in [9.17, 15) is 14.7 Å². The van der Waals surface area contributed by atoms with Crippen LogP contribution in [0.3, 0.4) is 0 Å². The third-order valence-corrected chi connectivity index (χ3v) is 7.21. The number of ether oxygens (including phenoxy) is 2. The molecule has 4 aromatic rings. The number of carbonyl (C=O) groups excluding carboxylic acids is 1. The van der Waals surface area contributed by atoms with Crippen molar-refractivity contribution in [1.29, 1.82) is 0 Å². The molecule has 3 aliphatic rings. The maximum atomic E-state index is 12.8. The zero-order valence-electron chi connectivity index (χ0n) is 18.3. The topological polar surface area (TPSA) is 135 Å². The summed E-state index contributed by atoms with van der Waals surface area (Å²) in [5, 5.41) is 16.4. The minimum absolute atomic E-state index is 0.192. The van der Waals surface area contributed by atoms with Gasteiger partial charge in [0.2, 0.25) is 6.79 Å². The van der Waals surface area contributed by atoms with Gasteiger partial charge in [0.25, 0.3) is 5.56 Å². The summed E-state index contributed by atoms with van der Waals surface area (Å²) in [6.07, 6.45) is 7.08. The van der Waals surface area contributed by atoms with Crippen LogP contribution in [-0.2, 0) is 4.79 Å². The van der Waals surface area contributed by atoms with Crippen molar-refractivity contribution < 1.29 is 23.9 Å². The molecule has 1 unspecified atom stereocenters. The molecule has 2 aliphatic heterocycles. The van der Waals surface area contributed by atoms with Gasteiger partial charge in [-0.1, -0.05) is 5.16 Å². The second-order valence-electron chi connectivity index (χ2n) is 8.31. The Kier molecular flexibility index (Phi) is 5.33. The fourth-order valence-corrected chi connectivity index (χ4v) is 5.63. The lowest BCUT2D eigenvalue weighted by atomic mass is 10.0. The highest BCUT2D eigenvalue weighted by atomic mass is 32.2. The van der Waals surface area contributed by atoms with E-state index < -0.39 is 12.0 Å². The van der Waals surface area contributed by atoms with Crippen LogP contribution in [0.2, 0.25) is 0 Å². The van der Waals surface area contributed by atoms with Gasteiger partial charge in [-0.3, -0.25) is 9.36 Å². The molecule has 1 atom stereocenters. The van der Waals surface area contributed by atoms with Gasteiger partial charge in [-0.05, 0) is 42.5 Å². The molecule has 10 nitrogen and oxygen atoms in total. The van der Waals surface area contributed by atoms with Gasteiger partial charge in [0.05, 0.1) is 23.4 Å². The van der Waals surface area contributed by atoms with Crippen molar-refractivity contribution >= 4 is 17.7 Å². The number of carboxylic acid groups (broad SMARTS) is 1. The molecule has 1 saturated carbocycles. The van der Waals surface area contributed by atoms with Crippen molar-refractivity contribution in [1.82, 2.24) is 19.7 Å². The van der Waals surface area contributed by atoms with Gasteiger partial charge in [-0.2, -0.15) is 0 Å². The summed E-state index contributed by atoms with van der Waals surface area (Å²) >= 11 is 1.39. The SMILES string of the molecule is O=C([O-])C1CSc2c(C3CC3)c(-c3cc(-c4ccc5c(c4)OCO5)no3)cc(=O)n21.c1c[nH]cn1. The summed E-state index contributed by atoms with van der Waals surface area (Å²) in [5.41, 5.74) is 2.71. The third kappa shape index (κ3) is 3.97. The van der Waals surface area contributed by atoms with Crippen LogP contribution in [-0.4, -0.2) is 38.2 Å². The van der Waals surface area contributed by atoms with E-state index >= 15 is 0 Å². The summed E-state index contributed by atoms with van der Waals surface area (Å²) < 4.78 is 17.7. The summed E-state index contributed by atoms with van der Waals surface area (Å²) in [5.74, 6) is 1.17. The van der Waals surface area contributed by atoms with Crippen molar-refractivity contribution in [3.63, 3.8) is 0 Å². The zero-order chi connectivity index (χ0) is 23.9. The molecule has 1 fully saturated rings. The van der Waals surface area contributed by atoms with Crippen LogP contribution in [0.5, 0.6) is 11.5 Å². The first kappa shape index (κ1) is 21.5. The molecule has 5 heterocycles. The van der Waals surface area contributed by atoms with Gasteiger partial charge in [-0.25, -0.2) is 4.98 Å². The number of thioether (sulfide) groups is 1. The average molecular weight is 492 g/mol. The Balaban J connectivity index is 0.000000410. The second kappa shape index (κ2) is 8.66. The Morgan fingerprint density at radius 1 is 1.17 bits per heavy atom. The molecule has 3 aromatic heterocycles. The van der Waals surface area contributed by atoms with Crippen LogP contribution >= 0.6 is 11.8 Å². The number of fused-ring (bicyclic) bond motifs is 2. The molecule has 11 heteroatoms. The van der Waals surface area contributed by atoms with E-state index in [1.54, 1.807) is 24.8 Å². The van der Waals surface area contributed by atoms with Gasteiger partial charge < -0.3 is 28.9 Å². The number of benzene rings is 1. The first-order valence-corrected chi connectivity index (χ1v) is 12.0. The largest absolute Gasteiger partial charge is 0.548 e. The quantitative estimate of drug-likeness (QED) is 0.457. The van der Waals surface area contributed by atoms with E-state index in [4.69, 9.17) is 14.0 Å². The molecular formula is C24H19N4O6S-. The lowest BCUT2D eigenvalue weighted by Gasteiger charge is -2.17. The van der Waals surface area contributed by atoms with E-state index in [-0.39, 0.29) is 18.3 Å². The van der Waals surface area contributed by atoms with E-state index in [1.807, 2.05) is 18.2 Å². The van der Waals surface area contributed by atoms with Crippen LogP contribution < -0.4 is 20.1 Å². The molecule has 7 rings (SSSR count).